The van der Waals surface area contributed by atoms with Gasteiger partial charge in [0.25, 0.3) is 5.56 Å². The number of carbonyl (C=O) groups excluding carboxylic acids is 1. The lowest BCUT2D eigenvalue weighted by molar-refractivity contribution is -0.137. The number of fused-ring (bicyclic) bond motifs is 2. The topological polar surface area (TPSA) is 76.9 Å². The number of aryl methyl sites for hydroxylation is 2. The molecule has 0 radical (unpaired) electrons. The van der Waals surface area contributed by atoms with E-state index >= 15 is 0 Å². The normalized spacial score (nSPS) is 14.9. The van der Waals surface area contributed by atoms with E-state index in [1.54, 1.807) is 6.07 Å². The number of aromatic nitrogens is 3. The highest BCUT2D eigenvalue weighted by Gasteiger charge is 2.34. The summed E-state index contributed by atoms with van der Waals surface area (Å²) in [5.74, 6) is -0.749. The van der Waals surface area contributed by atoms with Gasteiger partial charge in [-0.1, -0.05) is 12.1 Å². The molecule has 1 aliphatic carbocycles. The Morgan fingerprint density at radius 1 is 1.20 bits per heavy atom. The molecule has 2 aromatic heterocycles. The van der Waals surface area contributed by atoms with E-state index in [0.29, 0.717) is 11.0 Å². The zero-order valence-electron chi connectivity index (χ0n) is 16.2. The largest absolute Gasteiger partial charge is 0.418 e. The van der Waals surface area contributed by atoms with Crippen LogP contribution in [-0.4, -0.2) is 20.4 Å². The van der Waals surface area contributed by atoms with Crippen LogP contribution in [0.1, 0.15) is 42.6 Å². The Bertz CT molecular complexity index is 1190. The summed E-state index contributed by atoms with van der Waals surface area (Å²) in [6.45, 7) is 1.44. The highest BCUT2D eigenvalue weighted by molar-refractivity contribution is 5.94. The molecule has 1 atom stereocenters. The molecule has 3 aromatic rings. The third-order valence-corrected chi connectivity index (χ3v) is 5.34. The molecule has 1 N–H and O–H groups in total. The minimum atomic E-state index is -4.61. The van der Waals surface area contributed by atoms with Crippen LogP contribution < -0.4 is 10.9 Å². The first-order valence-corrected chi connectivity index (χ1v) is 9.62. The Kier molecular flexibility index (Phi) is 5.05. The van der Waals surface area contributed by atoms with Crippen molar-refractivity contribution in [2.24, 2.45) is 0 Å². The minimum absolute atomic E-state index is 0.300. The number of anilines is 1. The van der Waals surface area contributed by atoms with Gasteiger partial charge >= 0.3 is 6.18 Å². The Morgan fingerprint density at radius 2 is 1.93 bits per heavy atom. The first-order chi connectivity index (χ1) is 14.3. The maximum Gasteiger partial charge on any atom is 0.418 e. The molecular formula is C21H19F3N4O2. The van der Waals surface area contributed by atoms with E-state index in [1.165, 1.54) is 31.5 Å². The highest BCUT2D eigenvalue weighted by atomic mass is 19.4. The summed E-state index contributed by atoms with van der Waals surface area (Å²) >= 11 is 0. The maximum absolute atomic E-state index is 13.2. The van der Waals surface area contributed by atoms with Crippen LogP contribution in [0.4, 0.5) is 18.9 Å². The van der Waals surface area contributed by atoms with Gasteiger partial charge in [0, 0.05) is 5.69 Å². The van der Waals surface area contributed by atoms with Crippen molar-refractivity contribution >= 4 is 22.6 Å². The number of pyridine rings is 1. The fraction of sp³-hybridized carbons (Fsp3) is 0.333. The lowest BCUT2D eigenvalue weighted by Gasteiger charge is -2.19. The van der Waals surface area contributed by atoms with Crippen LogP contribution in [0, 0.1) is 0 Å². The lowest BCUT2D eigenvalue weighted by atomic mass is 9.95. The van der Waals surface area contributed by atoms with Crippen LogP contribution in [0.15, 0.2) is 41.5 Å². The summed E-state index contributed by atoms with van der Waals surface area (Å²) in [6, 6.07) is 5.41. The van der Waals surface area contributed by atoms with Crippen molar-refractivity contribution in [2.75, 3.05) is 5.32 Å². The number of hydrogen-bond donors (Lipinski definition) is 1. The molecule has 0 saturated carbocycles. The van der Waals surface area contributed by atoms with E-state index in [9.17, 15) is 22.8 Å². The van der Waals surface area contributed by atoms with Crippen molar-refractivity contribution in [3.63, 3.8) is 0 Å². The van der Waals surface area contributed by atoms with E-state index in [4.69, 9.17) is 0 Å². The number of para-hydroxylation sites is 1. The Hall–Kier alpha value is -3.23. The zero-order valence-corrected chi connectivity index (χ0v) is 16.2. The second-order valence-corrected chi connectivity index (χ2v) is 7.34. The maximum atomic E-state index is 13.2. The van der Waals surface area contributed by atoms with Gasteiger partial charge in [-0.05, 0) is 56.4 Å². The van der Waals surface area contributed by atoms with E-state index in [1.807, 2.05) is 0 Å². The van der Waals surface area contributed by atoms with E-state index < -0.39 is 29.2 Å². The van der Waals surface area contributed by atoms with Crippen molar-refractivity contribution < 1.29 is 18.0 Å². The predicted octanol–water partition coefficient (Wildman–Crippen LogP) is 3.89. The number of rotatable bonds is 3. The molecule has 0 spiro atoms. The number of halogens is 3. The molecule has 1 aliphatic rings. The molecule has 0 saturated heterocycles. The Morgan fingerprint density at radius 3 is 2.70 bits per heavy atom. The molecule has 1 aromatic carbocycles. The van der Waals surface area contributed by atoms with E-state index in [-0.39, 0.29) is 5.69 Å². The van der Waals surface area contributed by atoms with Gasteiger partial charge in [0.15, 0.2) is 5.65 Å². The zero-order chi connectivity index (χ0) is 21.5. The van der Waals surface area contributed by atoms with Gasteiger partial charge in [0.2, 0.25) is 5.91 Å². The summed E-state index contributed by atoms with van der Waals surface area (Å²) in [4.78, 5) is 34.3. The van der Waals surface area contributed by atoms with Crippen molar-refractivity contribution in [3.05, 3.63) is 63.8 Å². The Balaban J connectivity index is 1.67. The molecule has 9 heteroatoms. The summed E-state index contributed by atoms with van der Waals surface area (Å²) in [6.07, 6.45) is 0.335. The molecule has 2 heterocycles. The quantitative estimate of drug-likeness (QED) is 0.703. The standard InChI is InChI=1S/C21H19F3N4O2/c1-12(19(29)27-17-9-5-3-7-15(17)21(22,23)24)28-11-25-18-14(20(28)30)10-13-6-2-4-8-16(13)26-18/h3,5,7,9-12H,2,4,6,8H2,1H3,(H,27,29)/t12-/m0/s1. The van der Waals surface area contributed by atoms with Gasteiger partial charge in [-0.15, -0.1) is 0 Å². The number of hydrogen-bond acceptors (Lipinski definition) is 4. The van der Waals surface area contributed by atoms with Crippen LogP contribution in [0.5, 0.6) is 0 Å². The number of alkyl halides is 3. The monoisotopic (exact) mass is 416 g/mol. The van der Waals surface area contributed by atoms with Crippen molar-refractivity contribution in [2.45, 2.75) is 44.8 Å². The predicted molar refractivity (Wildman–Crippen MR) is 105 cm³/mol. The summed E-state index contributed by atoms with van der Waals surface area (Å²) in [7, 11) is 0. The molecule has 30 heavy (non-hydrogen) atoms. The number of benzene rings is 1. The van der Waals surface area contributed by atoms with Gasteiger partial charge in [0.1, 0.15) is 12.4 Å². The first-order valence-electron chi connectivity index (χ1n) is 9.62. The summed E-state index contributed by atoms with van der Waals surface area (Å²) < 4.78 is 40.6. The minimum Gasteiger partial charge on any atom is -0.324 e. The van der Waals surface area contributed by atoms with Crippen molar-refractivity contribution in [3.8, 4) is 0 Å². The van der Waals surface area contributed by atoms with Crippen LogP contribution in [-0.2, 0) is 23.8 Å². The SMILES string of the molecule is C[C@@H](C(=O)Nc1ccccc1C(F)(F)F)n1cnc2nc3c(cc2c1=O)CCCC3. The molecule has 0 aliphatic heterocycles. The van der Waals surface area contributed by atoms with Gasteiger partial charge < -0.3 is 5.32 Å². The average Bonchev–Trinajstić information content (AvgIpc) is 2.72. The third-order valence-electron chi connectivity index (χ3n) is 5.34. The van der Waals surface area contributed by atoms with Crippen LogP contribution >= 0.6 is 0 Å². The Labute approximate surface area is 169 Å². The molecule has 156 valence electrons. The fourth-order valence-corrected chi connectivity index (χ4v) is 3.67. The van der Waals surface area contributed by atoms with Gasteiger partial charge in [-0.2, -0.15) is 13.2 Å². The molecular weight excluding hydrogens is 397 g/mol. The number of carbonyl (C=O) groups is 1. The second kappa shape index (κ2) is 7.55. The smallest absolute Gasteiger partial charge is 0.324 e. The molecule has 0 bridgehead atoms. The highest BCUT2D eigenvalue weighted by Crippen LogP contribution is 2.34. The van der Waals surface area contributed by atoms with Crippen molar-refractivity contribution in [1.82, 2.24) is 14.5 Å². The van der Waals surface area contributed by atoms with Gasteiger partial charge in [-0.25, -0.2) is 9.97 Å². The molecule has 0 unspecified atom stereocenters. The molecule has 0 fully saturated rings. The van der Waals surface area contributed by atoms with E-state index in [2.05, 4.69) is 15.3 Å². The lowest BCUT2D eigenvalue weighted by Crippen LogP contribution is -2.32. The van der Waals surface area contributed by atoms with Crippen LogP contribution in [0.2, 0.25) is 0 Å². The van der Waals surface area contributed by atoms with Crippen LogP contribution in [0.25, 0.3) is 11.0 Å². The number of amides is 1. The summed E-state index contributed by atoms with van der Waals surface area (Å²) in [5.41, 5.74) is 0.485. The molecule has 6 nitrogen and oxygen atoms in total. The summed E-state index contributed by atoms with van der Waals surface area (Å²) in [5, 5.41) is 2.58. The third kappa shape index (κ3) is 3.67. The van der Waals surface area contributed by atoms with Gasteiger partial charge in [0.05, 0.1) is 16.6 Å². The van der Waals surface area contributed by atoms with Crippen LogP contribution in [0.3, 0.4) is 0 Å². The van der Waals surface area contributed by atoms with Crippen molar-refractivity contribution in [1.29, 1.82) is 0 Å². The molecule has 1 amide bonds. The number of nitrogens with zero attached hydrogens (tertiary/aromatic N) is 3. The molecule has 4 rings (SSSR count). The van der Waals surface area contributed by atoms with E-state index in [0.717, 1.165) is 47.6 Å². The fourth-order valence-electron chi connectivity index (χ4n) is 3.67. The number of nitrogens with one attached hydrogen (secondary N) is 1. The average molecular weight is 416 g/mol. The van der Waals surface area contributed by atoms with Gasteiger partial charge in [-0.3, -0.25) is 14.2 Å². The second-order valence-electron chi connectivity index (χ2n) is 7.34. The first kappa shape index (κ1) is 20.1.